The summed E-state index contributed by atoms with van der Waals surface area (Å²) < 4.78 is 4.18. The molecule has 1 atom stereocenters. The molecule has 0 N–H and O–H groups in total. The van der Waals surface area contributed by atoms with Gasteiger partial charge in [-0.2, -0.15) is 0 Å². The first-order chi connectivity index (χ1) is 13.0. The van der Waals surface area contributed by atoms with E-state index in [-0.39, 0.29) is 17.4 Å². The number of nitrogens with zero attached hydrogens (tertiary/aromatic N) is 1. The molecule has 2 aromatic carbocycles. The molecule has 1 unspecified atom stereocenters. The SMILES string of the molecule is CCOC(=O)C(C[N+](=O)[O-])(Sc1ccc2ccccc2c1)C1CCCCC1. The number of hydrogen-bond donors (Lipinski definition) is 0. The Morgan fingerprint density at radius 3 is 2.56 bits per heavy atom. The Bertz CT molecular complexity index is 819. The van der Waals surface area contributed by atoms with Crippen molar-refractivity contribution in [1.82, 2.24) is 0 Å². The Labute approximate surface area is 163 Å². The van der Waals surface area contributed by atoms with Gasteiger partial charge in [0.15, 0.2) is 4.75 Å². The molecule has 1 aliphatic rings. The van der Waals surface area contributed by atoms with Crippen molar-refractivity contribution < 1.29 is 14.5 Å². The molecule has 1 fully saturated rings. The number of carbonyl (C=O) groups is 1. The quantitative estimate of drug-likeness (QED) is 0.286. The minimum Gasteiger partial charge on any atom is -0.465 e. The zero-order valence-corrected chi connectivity index (χ0v) is 16.4. The van der Waals surface area contributed by atoms with Crippen LogP contribution in [0.15, 0.2) is 47.4 Å². The number of fused-ring (bicyclic) bond motifs is 1. The van der Waals surface area contributed by atoms with Gasteiger partial charge >= 0.3 is 5.97 Å². The molecule has 0 spiro atoms. The van der Waals surface area contributed by atoms with Crippen molar-refractivity contribution in [2.24, 2.45) is 5.92 Å². The van der Waals surface area contributed by atoms with Crippen LogP contribution in [-0.4, -0.2) is 28.8 Å². The smallest absolute Gasteiger partial charge is 0.329 e. The molecule has 0 aliphatic heterocycles. The van der Waals surface area contributed by atoms with Crippen LogP contribution in [-0.2, 0) is 9.53 Å². The second-order valence-corrected chi connectivity index (χ2v) is 8.45. The van der Waals surface area contributed by atoms with Crippen LogP contribution >= 0.6 is 11.8 Å². The summed E-state index contributed by atoms with van der Waals surface area (Å²) in [5, 5.41) is 13.7. The van der Waals surface area contributed by atoms with Crippen molar-refractivity contribution in [3.05, 3.63) is 52.6 Å². The molecule has 5 nitrogen and oxygen atoms in total. The summed E-state index contributed by atoms with van der Waals surface area (Å²) in [7, 11) is 0. The minimum atomic E-state index is -1.18. The molecule has 0 heterocycles. The highest BCUT2D eigenvalue weighted by Crippen LogP contribution is 2.46. The average Bonchev–Trinajstić information content (AvgIpc) is 2.68. The minimum absolute atomic E-state index is 0.0489. The summed E-state index contributed by atoms with van der Waals surface area (Å²) in [6, 6.07) is 13.9. The highest BCUT2D eigenvalue weighted by Gasteiger charge is 2.52. The lowest BCUT2D eigenvalue weighted by Crippen LogP contribution is -2.50. The molecule has 144 valence electrons. The van der Waals surface area contributed by atoms with Gasteiger partial charge in [-0.15, -0.1) is 11.8 Å². The number of rotatable bonds is 7. The van der Waals surface area contributed by atoms with Crippen LogP contribution in [0.5, 0.6) is 0 Å². The zero-order valence-electron chi connectivity index (χ0n) is 15.6. The first kappa shape index (κ1) is 19.7. The van der Waals surface area contributed by atoms with E-state index in [0.717, 1.165) is 47.8 Å². The van der Waals surface area contributed by atoms with Gasteiger partial charge in [-0.25, -0.2) is 0 Å². The molecule has 27 heavy (non-hydrogen) atoms. The lowest BCUT2D eigenvalue weighted by atomic mass is 9.79. The monoisotopic (exact) mass is 387 g/mol. The van der Waals surface area contributed by atoms with E-state index in [1.165, 1.54) is 11.8 Å². The fourth-order valence-corrected chi connectivity index (χ4v) is 5.43. The number of hydrogen-bond acceptors (Lipinski definition) is 5. The van der Waals surface area contributed by atoms with Crippen molar-refractivity contribution in [3.63, 3.8) is 0 Å². The average molecular weight is 388 g/mol. The van der Waals surface area contributed by atoms with Crippen molar-refractivity contribution in [2.45, 2.75) is 48.7 Å². The second kappa shape index (κ2) is 8.74. The third-order valence-corrected chi connectivity index (χ3v) is 6.75. The Balaban J connectivity index is 2.01. The third kappa shape index (κ3) is 4.43. The van der Waals surface area contributed by atoms with Gasteiger partial charge < -0.3 is 4.74 Å². The van der Waals surface area contributed by atoms with E-state index >= 15 is 0 Å². The molecule has 0 amide bonds. The number of esters is 1. The predicted molar refractivity (Wildman–Crippen MR) is 108 cm³/mol. The highest BCUT2D eigenvalue weighted by atomic mass is 32.2. The third-order valence-electron chi connectivity index (χ3n) is 5.27. The predicted octanol–water partition coefficient (Wildman–Crippen LogP) is 5.09. The van der Waals surface area contributed by atoms with E-state index in [1.54, 1.807) is 6.92 Å². The van der Waals surface area contributed by atoms with Crippen molar-refractivity contribution in [1.29, 1.82) is 0 Å². The van der Waals surface area contributed by atoms with Crippen LogP contribution in [0.25, 0.3) is 10.8 Å². The van der Waals surface area contributed by atoms with Crippen LogP contribution in [0.2, 0.25) is 0 Å². The largest absolute Gasteiger partial charge is 0.465 e. The van der Waals surface area contributed by atoms with Gasteiger partial charge in [0.2, 0.25) is 6.54 Å². The van der Waals surface area contributed by atoms with Gasteiger partial charge in [-0.1, -0.05) is 49.6 Å². The van der Waals surface area contributed by atoms with Crippen molar-refractivity contribution in [3.8, 4) is 0 Å². The summed E-state index contributed by atoms with van der Waals surface area (Å²) >= 11 is 1.32. The first-order valence-corrected chi connectivity index (χ1v) is 10.3. The molecule has 1 saturated carbocycles. The lowest BCUT2D eigenvalue weighted by molar-refractivity contribution is -0.484. The molecule has 0 saturated heterocycles. The number of nitro groups is 1. The molecule has 0 aromatic heterocycles. The Hall–Kier alpha value is -2.08. The number of thioether (sulfide) groups is 1. The van der Waals surface area contributed by atoms with Gasteiger partial charge in [0.1, 0.15) is 0 Å². The number of benzene rings is 2. The molecular formula is C21H25NO4S. The highest BCUT2D eigenvalue weighted by molar-refractivity contribution is 8.01. The lowest BCUT2D eigenvalue weighted by Gasteiger charge is -2.37. The van der Waals surface area contributed by atoms with Gasteiger partial charge in [-0.3, -0.25) is 14.9 Å². The topological polar surface area (TPSA) is 69.4 Å². The maximum atomic E-state index is 13.0. The maximum absolute atomic E-state index is 13.0. The maximum Gasteiger partial charge on any atom is 0.329 e. The summed E-state index contributed by atoms with van der Waals surface area (Å²) in [6.45, 7) is 1.56. The number of ether oxygens (including phenoxy) is 1. The van der Waals surface area contributed by atoms with Gasteiger partial charge in [0.05, 0.1) is 6.61 Å². The summed E-state index contributed by atoms with van der Waals surface area (Å²) in [4.78, 5) is 25.1. The summed E-state index contributed by atoms with van der Waals surface area (Å²) in [6.07, 6.45) is 4.78. The Morgan fingerprint density at radius 2 is 1.89 bits per heavy atom. The summed E-state index contributed by atoms with van der Waals surface area (Å²) in [5.41, 5.74) is 0. The van der Waals surface area contributed by atoms with Crippen molar-refractivity contribution >= 4 is 28.5 Å². The van der Waals surface area contributed by atoms with E-state index in [2.05, 4.69) is 0 Å². The molecule has 2 aromatic rings. The summed E-state index contributed by atoms with van der Waals surface area (Å²) in [5.74, 6) is -0.501. The van der Waals surface area contributed by atoms with E-state index < -0.39 is 17.3 Å². The molecular weight excluding hydrogens is 362 g/mol. The van der Waals surface area contributed by atoms with E-state index in [4.69, 9.17) is 4.74 Å². The van der Waals surface area contributed by atoms with E-state index in [1.807, 2.05) is 42.5 Å². The van der Waals surface area contributed by atoms with Crippen LogP contribution in [0, 0.1) is 16.0 Å². The van der Waals surface area contributed by atoms with E-state index in [0.29, 0.717) is 0 Å². The Morgan fingerprint density at radius 1 is 1.19 bits per heavy atom. The molecule has 0 bridgehead atoms. The number of carbonyl (C=O) groups excluding carboxylic acids is 1. The standard InChI is InChI=1S/C21H25NO4S/c1-2-26-20(23)21(15-22(24)25,18-10-4-3-5-11-18)27-19-13-12-16-8-6-7-9-17(16)14-19/h6-9,12-14,18H,2-5,10-11,15H2,1H3. The normalized spacial score (nSPS) is 17.4. The Kier molecular flexibility index (Phi) is 6.37. The van der Waals surface area contributed by atoms with Crippen LogP contribution in [0.1, 0.15) is 39.0 Å². The fraction of sp³-hybridized carbons (Fsp3) is 0.476. The van der Waals surface area contributed by atoms with Gasteiger partial charge in [0.25, 0.3) is 0 Å². The van der Waals surface area contributed by atoms with Gasteiger partial charge in [-0.05, 0) is 48.6 Å². The van der Waals surface area contributed by atoms with Crippen LogP contribution in [0.3, 0.4) is 0 Å². The fourth-order valence-electron chi connectivity index (χ4n) is 3.97. The molecule has 3 rings (SSSR count). The molecule has 0 radical (unpaired) electrons. The van der Waals surface area contributed by atoms with E-state index in [9.17, 15) is 14.9 Å². The van der Waals surface area contributed by atoms with Gasteiger partial charge in [0, 0.05) is 9.82 Å². The second-order valence-electron chi connectivity index (χ2n) is 7.05. The molecule has 6 heteroatoms. The molecule has 1 aliphatic carbocycles. The first-order valence-electron chi connectivity index (χ1n) is 9.52. The van der Waals surface area contributed by atoms with Crippen molar-refractivity contribution in [2.75, 3.05) is 13.2 Å². The zero-order chi connectivity index (χ0) is 19.3. The van der Waals surface area contributed by atoms with Crippen LogP contribution in [0.4, 0.5) is 0 Å². The van der Waals surface area contributed by atoms with Crippen LogP contribution < -0.4 is 0 Å².